The summed E-state index contributed by atoms with van der Waals surface area (Å²) in [5.41, 5.74) is 1.72. The molecule has 0 saturated heterocycles. The lowest BCUT2D eigenvalue weighted by Crippen LogP contribution is -1.90. The number of rotatable bonds is 5. The van der Waals surface area contributed by atoms with Gasteiger partial charge in [0.15, 0.2) is 5.82 Å². The molecular formula is C13H13N3OS. The Bertz CT molecular complexity index is 542. The normalized spacial score (nSPS) is 10.2. The SMILES string of the molecule is CCSCc1noc(Cc2ccc(C#N)cc2)n1. The highest BCUT2D eigenvalue weighted by atomic mass is 32.2. The van der Waals surface area contributed by atoms with Gasteiger partial charge in [0.1, 0.15) is 0 Å². The maximum Gasteiger partial charge on any atom is 0.231 e. The van der Waals surface area contributed by atoms with Crippen LogP contribution in [0.5, 0.6) is 0 Å². The van der Waals surface area contributed by atoms with Crippen LogP contribution in [0.25, 0.3) is 0 Å². The summed E-state index contributed by atoms with van der Waals surface area (Å²) in [5, 5.41) is 12.6. The van der Waals surface area contributed by atoms with Gasteiger partial charge in [0.2, 0.25) is 5.89 Å². The molecule has 5 heteroatoms. The summed E-state index contributed by atoms with van der Waals surface area (Å²) in [5.74, 6) is 3.18. The Kier molecular flexibility index (Phi) is 4.37. The van der Waals surface area contributed by atoms with E-state index < -0.39 is 0 Å². The number of nitriles is 1. The van der Waals surface area contributed by atoms with E-state index in [2.05, 4.69) is 23.1 Å². The quantitative estimate of drug-likeness (QED) is 0.826. The molecule has 0 aliphatic rings. The molecule has 18 heavy (non-hydrogen) atoms. The van der Waals surface area contributed by atoms with Crippen molar-refractivity contribution in [3.8, 4) is 6.07 Å². The van der Waals surface area contributed by atoms with Crippen molar-refractivity contribution in [1.82, 2.24) is 10.1 Å². The van der Waals surface area contributed by atoms with Gasteiger partial charge in [-0.1, -0.05) is 24.2 Å². The molecule has 0 spiro atoms. The Morgan fingerprint density at radius 3 is 2.78 bits per heavy atom. The van der Waals surface area contributed by atoms with E-state index in [-0.39, 0.29) is 0 Å². The first-order valence-corrected chi connectivity index (χ1v) is 6.85. The number of hydrogen-bond donors (Lipinski definition) is 0. The van der Waals surface area contributed by atoms with Crippen molar-refractivity contribution in [2.45, 2.75) is 19.1 Å². The molecule has 92 valence electrons. The van der Waals surface area contributed by atoms with Crippen molar-refractivity contribution in [2.75, 3.05) is 5.75 Å². The molecule has 0 N–H and O–H groups in total. The topological polar surface area (TPSA) is 62.7 Å². The third kappa shape index (κ3) is 3.34. The van der Waals surface area contributed by atoms with Crippen molar-refractivity contribution in [3.63, 3.8) is 0 Å². The van der Waals surface area contributed by atoms with E-state index in [4.69, 9.17) is 9.78 Å². The van der Waals surface area contributed by atoms with Crippen molar-refractivity contribution < 1.29 is 4.52 Å². The van der Waals surface area contributed by atoms with E-state index >= 15 is 0 Å². The predicted octanol–water partition coefficient (Wildman–Crippen LogP) is 2.79. The first kappa shape index (κ1) is 12.7. The summed E-state index contributed by atoms with van der Waals surface area (Å²) in [7, 11) is 0. The zero-order valence-corrected chi connectivity index (χ0v) is 10.9. The summed E-state index contributed by atoms with van der Waals surface area (Å²) in [6, 6.07) is 9.49. The molecule has 0 atom stereocenters. The first-order chi connectivity index (χ1) is 8.81. The van der Waals surface area contributed by atoms with Gasteiger partial charge in [0.05, 0.1) is 23.8 Å². The lowest BCUT2D eigenvalue weighted by atomic mass is 10.1. The second-order valence-electron chi connectivity index (χ2n) is 3.73. The Morgan fingerprint density at radius 2 is 2.11 bits per heavy atom. The molecule has 1 aromatic heterocycles. The largest absolute Gasteiger partial charge is 0.339 e. The van der Waals surface area contributed by atoms with Gasteiger partial charge >= 0.3 is 0 Å². The first-order valence-electron chi connectivity index (χ1n) is 5.70. The number of benzene rings is 1. The fraction of sp³-hybridized carbons (Fsp3) is 0.308. The van der Waals surface area contributed by atoms with Gasteiger partial charge in [-0.05, 0) is 23.4 Å². The molecular weight excluding hydrogens is 246 g/mol. The lowest BCUT2D eigenvalue weighted by Gasteiger charge is -1.95. The molecule has 0 aliphatic carbocycles. The number of thioether (sulfide) groups is 1. The molecule has 1 heterocycles. The maximum atomic E-state index is 8.71. The molecule has 0 saturated carbocycles. The van der Waals surface area contributed by atoms with Crippen LogP contribution in [0.15, 0.2) is 28.8 Å². The van der Waals surface area contributed by atoms with Crippen molar-refractivity contribution >= 4 is 11.8 Å². The summed E-state index contributed by atoms with van der Waals surface area (Å²) < 4.78 is 5.18. The third-order valence-corrected chi connectivity index (χ3v) is 3.25. The van der Waals surface area contributed by atoms with Crippen LogP contribution in [0.4, 0.5) is 0 Å². The predicted molar refractivity (Wildman–Crippen MR) is 70.1 cm³/mol. The second-order valence-corrected chi connectivity index (χ2v) is 5.00. The molecule has 2 aromatic rings. The Morgan fingerprint density at radius 1 is 1.33 bits per heavy atom. The van der Waals surface area contributed by atoms with Crippen LogP contribution in [-0.2, 0) is 12.2 Å². The van der Waals surface area contributed by atoms with E-state index in [0.717, 1.165) is 22.9 Å². The van der Waals surface area contributed by atoms with Crippen LogP contribution in [-0.4, -0.2) is 15.9 Å². The van der Waals surface area contributed by atoms with Crippen molar-refractivity contribution in [2.24, 2.45) is 0 Å². The number of nitrogens with zero attached hydrogens (tertiary/aromatic N) is 3. The van der Waals surface area contributed by atoms with Gasteiger partial charge in [-0.2, -0.15) is 22.0 Å². The summed E-state index contributed by atoms with van der Waals surface area (Å²) >= 11 is 1.76. The third-order valence-electron chi connectivity index (χ3n) is 2.38. The fourth-order valence-electron chi connectivity index (χ4n) is 1.49. The van der Waals surface area contributed by atoms with Crippen molar-refractivity contribution in [3.05, 3.63) is 47.1 Å². The van der Waals surface area contributed by atoms with Gasteiger partial charge in [-0.15, -0.1) is 0 Å². The molecule has 0 amide bonds. The monoisotopic (exact) mass is 259 g/mol. The van der Waals surface area contributed by atoms with E-state index in [9.17, 15) is 0 Å². The fourth-order valence-corrected chi connectivity index (χ4v) is 1.99. The molecule has 0 fully saturated rings. The minimum absolute atomic E-state index is 0.607. The molecule has 1 aromatic carbocycles. The van der Waals surface area contributed by atoms with Gasteiger partial charge in [0, 0.05) is 0 Å². The van der Waals surface area contributed by atoms with Gasteiger partial charge in [0.25, 0.3) is 0 Å². The highest BCUT2D eigenvalue weighted by molar-refractivity contribution is 7.98. The summed E-state index contributed by atoms with van der Waals surface area (Å²) in [6.07, 6.45) is 0.607. The molecule has 4 nitrogen and oxygen atoms in total. The molecule has 0 unspecified atom stereocenters. The smallest absolute Gasteiger partial charge is 0.231 e. The molecule has 0 radical (unpaired) electrons. The van der Waals surface area contributed by atoms with E-state index in [0.29, 0.717) is 17.9 Å². The highest BCUT2D eigenvalue weighted by Crippen LogP contribution is 2.12. The van der Waals surface area contributed by atoms with Crippen LogP contribution in [0.1, 0.15) is 29.8 Å². The van der Waals surface area contributed by atoms with E-state index in [1.165, 1.54) is 0 Å². The van der Waals surface area contributed by atoms with Gasteiger partial charge in [-0.25, -0.2) is 0 Å². The zero-order chi connectivity index (χ0) is 12.8. The van der Waals surface area contributed by atoms with E-state index in [1.807, 2.05) is 12.1 Å². The van der Waals surface area contributed by atoms with Crippen LogP contribution in [0.3, 0.4) is 0 Å². The van der Waals surface area contributed by atoms with Crippen LogP contribution < -0.4 is 0 Å². The minimum Gasteiger partial charge on any atom is -0.339 e. The molecule has 0 bridgehead atoms. The highest BCUT2D eigenvalue weighted by Gasteiger charge is 2.06. The summed E-state index contributed by atoms with van der Waals surface area (Å²) in [6.45, 7) is 2.10. The van der Waals surface area contributed by atoms with Gasteiger partial charge < -0.3 is 4.52 Å². The Hall–Kier alpha value is -1.80. The van der Waals surface area contributed by atoms with Gasteiger partial charge in [-0.3, -0.25) is 0 Å². The minimum atomic E-state index is 0.607. The number of aromatic nitrogens is 2. The zero-order valence-electron chi connectivity index (χ0n) is 10.1. The maximum absolute atomic E-state index is 8.71. The number of hydrogen-bond acceptors (Lipinski definition) is 5. The van der Waals surface area contributed by atoms with E-state index in [1.54, 1.807) is 23.9 Å². The van der Waals surface area contributed by atoms with Crippen LogP contribution in [0, 0.1) is 11.3 Å². The molecule has 2 rings (SSSR count). The molecule has 0 aliphatic heterocycles. The second kappa shape index (κ2) is 6.22. The summed E-state index contributed by atoms with van der Waals surface area (Å²) in [4.78, 5) is 4.32. The average Bonchev–Trinajstić information content (AvgIpc) is 2.85. The standard InChI is InChI=1S/C13H13N3OS/c1-2-18-9-12-15-13(17-16-12)7-10-3-5-11(8-14)6-4-10/h3-6H,2,7,9H2,1H3. The Labute approximate surface area is 110 Å². The van der Waals surface area contributed by atoms with Crippen LogP contribution in [0.2, 0.25) is 0 Å². The van der Waals surface area contributed by atoms with Crippen molar-refractivity contribution in [1.29, 1.82) is 5.26 Å². The average molecular weight is 259 g/mol. The Balaban J connectivity index is 2.00. The lowest BCUT2D eigenvalue weighted by molar-refractivity contribution is 0.381. The van der Waals surface area contributed by atoms with Crippen LogP contribution >= 0.6 is 11.8 Å².